The zero-order chi connectivity index (χ0) is 11.7. The van der Waals surface area contributed by atoms with E-state index in [1.54, 1.807) is 0 Å². The number of ketones is 1. The van der Waals surface area contributed by atoms with Gasteiger partial charge in [0.05, 0.1) is 19.4 Å². The molecular formula is C10H21O4P. The molecule has 0 saturated carbocycles. The molecule has 0 radical (unpaired) electrons. The van der Waals surface area contributed by atoms with Gasteiger partial charge in [-0.3, -0.25) is 4.57 Å². The molecule has 0 aromatic carbocycles. The lowest BCUT2D eigenvalue weighted by Crippen LogP contribution is -2.05. The monoisotopic (exact) mass is 236 g/mol. The quantitative estimate of drug-likeness (QED) is 0.577. The Kier molecular flexibility index (Phi) is 7.93. The topological polar surface area (TPSA) is 52.6 Å². The molecule has 5 heteroatoms. The first-order valence-corrected chi connectivity index (χ1v) is 7.14. The van der Waals surface area contributed by atoms with E-state index in [0.717, 1.165) is 12.8 Å². The summed E-state index contributed by atoms with van der Waals surface area (Å²) >= 11 is 0. The predicted octanol–water partition coefficient (Wildman–Crippen LogP) is 3.01. The van der Waals surface area contributed by atoms with Crippen molar-refractivity contribution < 1.29 is 18.4 Å². The van der Waals surface area contributed by atoms with E-state index in [-0.39, 0.29) is 18.4 Å². The maximum absolute atomic E-state index is 12.0. The van der Waals surface area contributed by atoms with Crippen molar-refractivity contribution in [3.05, 3.63) is 0 Å². The molecule has 0 aliphatic rings. The average Bonchev–Trinajstić information content (AvgIpc) is 2.21. The molecule has 90 valence electrons. The van der Waals surface area contributed by atoms with E-state index in [2.05, 4.69) is 0 Å². The Morgan fingerprint density at radius 1 is 1.13 bits per heavy atom. The summed E-state index contributed by atoms with van der Waals surface area (Å²) in [5.41, 5.74) is 0. The van der Waals surface area contributed by atoms with Crippen LogP contribution in [0.25, 0.3) is 0 Å². The summed E-state index contributed by atoms with van der Waals surface area (Å²) < 4.78 is 22.5. The number of Topliss-reactive ketones (excluding diaryl/α,β-unsaturated/α-hetero) is 1. The highest BCUT2D eigenvalue weighted by atomic mass is 31.2. The molecule has 15 heavy (non-hydrogen) atoms. The normalized spacial score (nSPS) is 11.7. The van der Waals surface area contributed by atoms with Gasteiger partial charge in [-0.15, -0.1) is 0 Å². The molecule has 0 heterocycles. The van der Waals surface area contributed by atoms with E-state index in [1.807, 2.05) is 13.8 Å². The summed E-state index contributed by atoms with van der Waals surface area (Å²) in [6.45, 7) is 6.19. The third-order valence-electron chi connectivity index (χ3n) is 1.72. The predicted molar refractivity (Wildman–Crippen MR) is 60.3 cm³/mol. The van der Waals surface area contributed by atoms with Gasteiger partial charge in [0.2, 0.25) is 0 Å². The van der Waals surface area contributed by atoms with Crippen molar-refractivity contribution in [2.75, 3.05) is 19.4 Å². The van der Waals surface area contributed by atoms with Crippen molar-refractivity contribution in [1.82, 2.24) is 0 Å². The Bertz CT molecular complexity index is 215. The maximum Gasteiger partial charge on any atom is 0.331 e. The highest BCUT2D eigenvalue weighted by molar-refractivity contribution is 7.53. The van der Waals surface area contributed by atoms with Crippen molar-refractivity contribution in [1.29, 1.82) is 0 Å². The lowest BCUT2D eigenvalue weighted by molar-refractivity contribution is -0.116. The summed E-state index contributed by atoms with van der Waals surface area (Å²) in [5.74, 6) is 0.00965. The molecule has 0 aromatic rings. The van der Waals surface area contributed by atoms with Crippen LogP contribution in [0.5, 0.6) is 0 Å². The second-order valence-electron chi connectivity index (χ2n) is 3.45. The molecule has 0 aliphatic carbocycles. The fourth-order valence-electron chi connectivity index (χ4n) is 0.921. The fraction of sp³-hybridized carbons (Fsp3) is 0.900. The third-order valence-corrected chi connectivity index (χ3v) is 3.65. The molecule has 0 fully saturated rings. The van der Waals surface area contributed by atoms with Crippen LogP contribution in [0.2, 0.25) is 0 Å². The molecule has 0 atom stereocenters. The van der Waals surface area contributed by atoms with Crippen molar-refractivity contribution in [2.24, 2.45) is 0 Å². The van der Waals surface area contributed by atoms with Gasteiger partial charge in [-0.05, 0) is 19.8 Å². The van der Waals surface area contributed by atoms with Gasteiger partial charge in [-0.2, -0.15) is 0 Å². The van der Waals surface area contributed by atoms with Crippen LogP contribution >= 0.6 is 7.60 Å². The van der Waals surface area contributed by atoms with E-state index in [0.29, 0.717) is 13.2 Å². The lowest BCUT2D eigenvalue weighted by atomic mass is 10.4. The Hall–Kier alpha value is -0.180. The minimum atomic E-state index is -3.03. The summed E-state index contributed by atoms with van der Waals surface area (Å²) in [5, 5.41) is 0. The fourth-order valence-corrected chi connectivity index (χ4v) is 2.76. The zero-order valence-corrected chi connectivity index (χ0v) is 10.7. The summed E-state index contributed by atoms with van der Waals surface area (Å²) in [6.07, 6.45) is 2.03. The van der Waals surface area contributed by atoms with E-state index in [9.17, 15) is 9.36 Å². The maximum atomic E-state index is 12.0. The third kappa shape index (κ3) is 7.71. The van der Waals surface area contributed by atoms with Gasteiger partial charge < -0.3 is 13.8 Å². The smallest absolute Gasteiger partial charge is 0.309 e. The van der Waals surface area contributed by atoms with Gasteiger partial charge in [-0.1, -0.05) is 13.8 Å². The second kappa shape index (κ2) is 8.03. The minimum Gasteiger partial charge on any atom is -0.309 e. The average molecular weight is 236 g/mol. The Morgan fingerprint density at radius 2 is 1.60 bits per heavy atom. The highest BCUT2D eigenvalue weighted by Crippen LogP contribution is 2.48. The number of carbonyl (C=O) groups excluding carboxylic acids is 1. The number of hydrogen-bond acceptors (Lipinski definition) is 4. The van der Waals surface area contributed by atoms with Gasteiger partial charge in [0.25, 0.3) is 0 Å². The molecule has 0 unspecified atom stereocenters. The molecule has 0 rings (SSSR count). The number of carbonyl (C=O) groups is 1. The molecule has 0 bridgehead atoms. The van der Waals surface area contributed by atoms with Crippen LogP contribution in [-0.2, 0) is 18.4 Å². The molecule has 0 saturated heterocycles. The van der Waals surface area contributed by atoms with Gasteiger partial charge in [-0.25, -0.2) is 0 Å². The summed E-state index contributed by atoms with van der Waals surface area (Å²) in [6, 6.07) is 0. The molecule has 0 aromatic heterocycles. The zero-order valence-electron chi connectivity index (χ0n) is 9.82. The van der Waals surface area contributed by atoms with E-state index in [4.69, 9.17) is 9.05 Å². The van der Waals surface area contributed by atoms with Gasteiger partial charge in [0, 0.05) is 6.42 Å². The number of hydrogen-bond donors (Lipinski definition) is 0. The van der Waals surface area contributed by atoms with Gasteiger partial charge in [0.1, 0.15) is 5.78 Å². The molecule has 0 amide bonds. The van der Waals surface area contributed by atoms with Crippen LogP contribution in [-0.4, -0.2) is 25.2 Å². The van der Waals surface area contributed by atoms with Crippen molar-refractivity contribution in [3.8, 4) is 0 Å². The first-order valence-electron chi connectivity index (χ1n) is 5.41. The highest BCUT2D eigenvalue weighted by Gasteiger charge is 2.24. The molecule has 0 N–H and O–H groups in total. The van der Waals surface area contributed by atoms with Crippen LogP contribution in [0.3, 0.4) is 0 Å². The molecular weight excluding hydrogens is 215 g/mol. The van der Waals surface area contributed by atoms with E-state index >= 15 is 0 Å². The Morgan fingerprint density at radius 3 is 1.93 bits per heavy atom. The Balaban J connectivity index is 4.13. The standard InChI is InChI=1S/C10H21O4P/c1-4-7-13-15(12,14-8-5-2)9-6-10(3)11/h4-9H2,1-3H3. The van der Waals surface area contributed by atoms with Crippen molar-refractivity contribution >= 4 is 13.4 Å². The number of rotatable bonds is 9. The van der Waals surface area contributed by atoms with Crippen LogP contribution in [0.15, 0.2) is 0 Å². The second-order valence-corrected chi connectivity index (χ2v) is 5.64. The SMILES string of the molecule is CCCOP(=O)(CCC(C)=O)OCCC. The van der Waals surface area contributed by atoms with Crippen molar-refractivity contribution in [2.45, 2.75) is 40.0 Å². The van der Waals surface area contributed by atoms with Gasteiger partial charge >= 0.3 is 7.60 Å². The first kappa shape index (κ1) is 14.8. The van der Waals surface area contributed by atoms with E-state index in [1.165, 1.54) is 6.92 Å². The van der Waals surface area contributed by atoms with E-state index < -0.39 is 7.60 Å². The van der Waals surface area contributed by atoms with Crippen LogP contribution in [0.4, 0.5) is 0 Å². The lowest BCUT2D eigenvalue weighted by Gasteiger charge is -2.17. The Labute approximate surface area is 91.9 Å². The van der Waals surface area contributed by atoms with Crippen LogP contribution in [0, 0.1) is 0 Å². The molecule has 0 spiro atoms. The molecule has 0 aliphatic heterocycles. The summed E-state index contributed by atoms with van der Waals surface area (Å²) in [7, 11) is -3.03. The van der Waals surface area contributed by atoms with Crippen molar-refractivity contribution in [3.63, 3.8) is 0 Å². The minimum absolute atomic E-state index is 0.00965. The van der Waals surface area contributed by atoms with Crippen LogP contribution < -0.4 is 0 Å². The molecule has 4 nitrogen and oxygen atoms in total. The van der Waals surface area contributed by atoms with Crippen LogP contribution in [0.1, 0.15) is 40.0 Å². The van der Waals surface area contributed by atoms with Gasteiger partial charge in [0.15, 0.2) is 0 Å². The largest absolute Gasteiger partial charge is 0.331 e. The summed E-state index contributed by atoms with van der Waals surface area (Å²) in [4.78, 5) is 10.8. The first-order chi connectivity index (χ1) is 7.04.